The maximum atomic E-state index is 13.5. The number of rotatable bonds is 2. The second kappa shape index (κ2) is 6.56. The number of hydrogen-bond acceptors (Lipinski definition) is 2. The summed E-state index contributed by atoms with van der Waals surface area (Å²) in [5, 5.41) is 0. The second-order valence-corrected chi connectivity index (χ2v) is 6.19. The number of nitrogens with zero attached hydrogens (tertiary/aromatic N) is 2. The van der Waals surface area contributed by atoms with Gasteiger partial charge in [-0.05, 0) is 40.9 Å². The Balaban J connectivity index is 2.04. The first kappa shape index (κ1) is 15.9. The summed E-state index contributed by atoms with van der Waals surface area (Å²) in [4.78, 5) is 27.6. The van der Waals surface area contributed by atoms with Gasteiger partial charge in [0.1, 0.15) is 5.82 Å². The van der Waals surface area contributed by atoms with Crippen LogP contribution in [0.3, 0.4) is 0 Å². The van der Waals surface area contributed by atoms with Crippen molar-refractivity contribution in [2.45, 2.75) is 12.8 Å². The summed E-state index contributed by atoms with van der Waals surface area (Å²) in [6, 6.07) is 4.44. The molecule has 1 aliphatic heterocycles. The molecule has 1 fully saturated rings. The predicted octanol–water partition coefficient (Wildman–Crippen LogP) is 2.53. The highest BCUT2D eigenvalue weighted by Gasteiger charge is 2.29. The van der Waals surface area contributed by atoms with Gasteiger partial charge in [0.25, 0.3) is 5.91 Å². The number of piperidine rings is 1. The summed E-state index contributed by atoms with van der Waals surface area (Å²) >= 11 is 3.12. The third-order valence-electron chi connectivity index (χ3n) is 3.75. The molecule has 0 aromatic heterocycles. The minimum atomic E-state index is -0.446. The van der Waals surface area contributed by atoms with E-state index in [1.54, 1.807) is 30.0 Å². The molecule has 0 saturated carbocycles. The van der Waals surface area contributed by atoms with Gasteiger partial charge in [0.2, 0.25) is 5.91 Å². The van der Waals surface area contributed by atoms with Crippen molar-refractivity contribution < 1.29 is 14.0 Å². The Hall–Kier alpha value is -1.43. The van der Waals surface area contributed by atoms with Gasteiger partial charge in [-0.15, -0.1) is 0 Å². The van der Waals surface area contributed by atoms with Gasteiger partial charge in [-0.2, -0.15) is 0 Å². The lowest BCUT2D eigenvalue weighted by Crippen LogP contribution is -2.42. The maximum absolute atomic E-state index is 13.5. The lowest BCUT2D eigenvalue weighted by atomic mass is 9.95. The van der Waals surface area contributed by atoms with Gasteiger partial charge in [-0.3, -0.25) is 9.59 Å². The third-order valence-corrected chi connectivity index (χ3v) is 4.56. The Morgan fingerprint density at radius 2 is 1.90 bits per heavy atom. The van der Waals surface area contributed by atoms with E-state index in [1.807, 2.05) is 0 Å². The van der Waals surface area contributed by atoms with Crippen LogP contribution in [0.1, 0.15) is 23.2 Å². The first-order valence-electron chi connectivity index (χ1n) is 6.86. The van der Waals surface area contributed by atoms with Gasteiger partial charge in [0.15, 0.2) is 0 Å². The number of carbonyl (C=O) groups excluding carboxylic acids is 2. The zero-order valence-corrected chi connectivity index (χ0v) is 13.7. The number of carbonyl (C=O) groups is 2. The van der Waals surface area contributed by atoms with E-state index in [0.717, 1.165) is 0 Å². The van der Waals surface area contributed by atoms with Crippen LogP contribution in [0.15, 0.2) is 22.7 Å². The van der Waals surface area contributed by atoms with Gasteiger partial charge >= 0.3 is 0 Å². The lowest BCUT2D eigenvalue weighted by molar-refractivity contribution is -0.134. The van der Waals surface area contributed by atoms with E-state index in [-0.39, 0.29) is 22.2 Å². The fraction of sp³-hybridized carbons (Fsp3) is 0.467. The van der Waals surface area contributed by atoms with E-state index in [9.17, 15) is 14.0 Å². The summed E-state index contributed by atoms with van der Waals surface area (Å²) in [7, 11) is 3.48. The smallest absolute Gasteiger partial charge is 0.255 e. The molecule has 0 radical (unpaired) electrons. The van der Waals surface area contributed by atoms with Crippen LogP contribution in [-0.2, 0) is 4.79 Å². The molecule has 21 heavy (non-hydrogen) atoms. The van der Waals surface area contributed by atoms with Crippen molar-refractivity contribution in [2.75, 3.05) is 27.2 Å². The van der Waals surface area contributed by atoms with Crippen molar-refractivity contribution in [1.82, 2.24) is 9.80 Å². The molecule has 1 aromatic rings. The molecular weight excluding hydrogens is 339 g/mol. The summed E-state index contributed by atoms with van der Waals surface area (Å²) in [5.41, 5.74) is 0.326. The minimum Gasteiger partial charge on any atom is -0.349 e. The van der Waals surface area contributed by atoms with Crippen LogP contribution in [0.4, 0.5) is 4.39 Å². The topological polar surface area (TPSA) is 40.6 Å². The molecule has 114 valence electrons. The fourth-order valence-electron chi connectivity index (χ4n) is 2.53. The molecule has 2 amide bonds. The Labute approximate surface area is 132 Å². The van der Waals surface area contributed by atoms with Crippen LogP contribution in [0.5, 0.6) is 0 Å². The Kier molecular flexibility index (Phi) is 4.98. The molecule has 1 aliphatic rings. The van der Waals surface area contributed by atoms with Crippen molar-refractivity contribution in [2.24, 2.45) is 5.92 Å². The highest BCUT2D eigenvalue weighted by atomic mass is 79.9. The van der Waals surface area contributed by atoms with Gasteiger partial charge in [0.05, 0.1) is 10.0 Å². The first-order valence-corrected chi connectivity index (χ1v) is 7.65. The largest absolute Gasteiger partial charge is 0.349 e. The van der Waals surface area contributed by atoms with Gasteiger partial charge in [-0.25, -0.2) is 4.39 Å². The van der Waals surface area contributed by atoms with E-state index < -0.39 is 5.82 Å². The molecule has 1 heterocycles. The van der Waals surface area contributed by atoms with Crippen LogP contribution in [-0.4, -0.2) is 48.8 Å². The second-order valence-electron chi connectivity index (χ2n) is 5.40. The Bertz CT molecular complexity index is 555. The van der Waals surface area contributed by atoms with Crippen LogP contribution in [0.2, 0.25) is 0 Å². The summed E-state index contributed by atoms with van der Waals surface area (Å²) in [5.74, 6) is -0.565. The van der Waals surface area contributed by atoms with Crippen LogP contribution >= 0.6 is 15.9 Å². The number of halogens is 2. The number of hydrogen-bond donors (Lipinski definition) is 0. The molecule has 0 bridgehead atoms. The molecule has 6 heteroatoms. The third kappa shape index (κ3) is 3.43. The normalized spacial score (nSPS) is 15.9. The highest BCUT2D eigenvalue weighted by Crippen LogP contribution is 2.25. The fourth-order valence-corrected chi connectivity index (χ4v) is 2.97. The average molecular weight is 357 g/mol. The summed E-state index contributed by atoms with van der Waals surface area (Å²) in [6.07, 6.45) is 1.30. The molecule has 1 aromatic carbocycles. The Morgan fingerprint density at radius 3 is 2.48 bits per heavy atom. The van der Waals surface area contributed by atoms with Crippen molar-refractivity contribution in [3.8, 4) is 0 Å². The molecule has 0 N–H and O–H groups in total. The molecule has 1 saturated heterocycles. The molecule has 2 rings (SSSR count). The predicted molar refractivity (Wildman–Crippen MR) is 81.4 cm³/mol. The molecule has 0 aliphatic carbocycles. The van der Waals surface area contributed by atoms with Gasteiger partial charge in [0, 0.05) is 33.1 Å². The van der Waals surface area contributed by atoms with Crippen molar-refractivity contribution in [3.05, 3.63) is 34.1 Å². The van der Waals surface area contributed by atoms with Crippen molar-refractivity contribution in [1.29, 1.82) is 0 Å². The SMILES string of the molecule is CN(C)C(=O)C1CCN(C(=O)c2cccc(F)c2Br)CC1. The van der Waals surface area contributed by atoms with Crippen LogP contribution < -0.4 is 0 Å². The lowest BCUT2D eigenvalue weighted by Gasteiger charge is -2.32. The molecular formula is C15H18BrFN2O2. The van der Waals surface area contributed by atoms with Gasteiger partial charge in [-0.1, -0.05) is 6.07 Å². The number of likely N-dealkylation sites (tertiary alicyclic amines) is 1. The summed E-state index contributed by atoms with van der Waals surface area (Å²) < 4.78 is 13.7. The first-order chi connectivity index (χ1) is 9.91. The quantitative estimate of drug-likeness (QED) is 0.816. The molecule has 0 unspecified atom stereocenters. The average Bonchev–Trinajstić information content (AvgIpc) is 2.48. The van der Waals surface area contributed by atoms with Crippen LogP contribution in [0, 0.1) is 11.7 Å². The standard InChI is InChI=1S/C15H18BrFN2O2/c1-18(2)14(20)10-6-8-19(9-7-10)15(21)11-4-3-5-12(17)13(11)16/h3-5,10H,6-9H2,1-2H3. The Morgan fingerprint density at radius 1 is 1.29 bits per heavy atom. The monoisotopic (exact) mass is 356 g/mol. The number of benzene rings is 1. The zero-order chi connectivity index (χ0) is 15.6. The van der Waals surface area contributed by atoms with Crippen molar-refractivity contribution >= 4 is 27.7 Å². The molecule has 4 nitrogen and oxygen atoms in total. The zero-order valence-electron chi connectivity index (χ0n) is 12.1. The van der Waals surface area contributed by atoms with E-state index in [2.05, 4.69) is 15.9 Å². The minimum absolute atomic E-state index is 0.0278. The maximum Gasteiger partial charge on any atom is 0.255 e. The van der Waals surface area contributed by atoms with E-state index in [0.29, 0.717) is 31.5 Å². The highest BCUT2D eigenvalue weighted by molar-refractivity contribution is 9.10. The molecule has 0 spiro atoms. The van der Waals surface area contributed by atoms with Crippen LogP contribution in [0.25, 0.3) is 0 Å². The number of amides is 2. The van der Waals surface area contributed by atoms with E-state index >= 15 is 0 Å². The summed E-state index contributed by atoms with van der Waals surface area (Å²) in [6.45, 7) is 1.04. The van der Waals surface area contributed by atoms with Crippen molar-refractivity contribution in [3.63, 3.8) is 0 Å². The van der Waals surface area contributed by atoms with E-state index in [4.69, 9.17) is 0 Å². The molecule has 0 atom stereocenters. The van der Waals surface area contributed by atoms with E-state index in [1.165, 1.54) is 12.1 Å². The van der Waals surface area contributed by atoms with Gasteiger partial charge < -0.3 is 9.80 Å².